The molecular weight excluding hydrogens is 426 g/mol. The van der Waals surface area contributed by atoms with Gasteiger partial charge in [0, 0.05) is 5.92 Å². The van der Waals surface area contributed by atoms with E-state index >= 15 is 0 Å². The van der Waals surface area contributed by atoms with Gasteiger partial charge >= 0.3 is 26.2 Å². The van der Waals surface area contributed by atoms with Crippen molar-refractivity contribution in [1.29, 1.82) is 0 Å². The predicted octanol–water partition coefficient (Wildman–Crippen LogP) is 0.222. The van der Waals surface area contributed by atoms with E-state index in [1.54, 1.807) is 11.1 Å². The summed E-state index contributed by atoms with van der Waals surface area (Å²) in [7, 11) is 0. The monoisotopic (exact) mass is 452 g/mol. The van der Waals surface area contributed by atoms with E-state index in [9.17, 15) is 0 Å². The van der Waals surface area contributed by atoms with E-state index in [-0.39, 0.29) is 51.0 Å². The van der Waals surface area contributed by atoms with Gasteiger partial charge in [0.25, 0.3) is 0 Å². The Morgan fingerprint density at radius 3 is 2.32 bits per heavy atom. The average molecular weight is 455 g/mol. The molecule has 0 heterocycles. The molecule has 2 atom stereocenters. The Hall–Kier alpha value is -0.0969. The molecule has 0 radical (unpaired) electrons. The minimum Gasteiger partial charge on any atom is -1.00 e. The zero-order valence-electron chi connectivity index (χ0n) is 15.4. The molecule has 2 unspecified atom stereocenters. The second-order valence-corrected chi connectivity index (χ2v) is 6.92. The largest absolute Gasteiger partial charge is 2.00 e. The fourth-order valence-corrected chi connectivity index (χ4v) is 3.96. The first-order valence-electron chi connectivity index (χ1n) is 8.88. The van der Waals surface area contributed by atoms with Gasteiger partial charge in [-0.2, -0.15) is 0 Å². The number of halogens is 2. The van der Waals surface area contributed by atoms with Crippen LogP contribution in [0, 0.1) is 18.8 Å². The predicted molar refractivity (Wildman–Crippen MR) is 97.1 cm³/mol. The summed E-state index contributed by atoms with van der Waals surface area (Å²) in [4.78, 5) is 0. The summed E-state index contributed by atoms with van der Waals surface area (Å²) in [6, 6.07) is 4.70. The minimum atomic E-state index is 0. The Balaban J connectivity index is 0.00000192. The van der Waals surface area contributed by atoms with E-state index in [0.717, 1.165) is 0 Å². The van der Waals surface area contributed by atoms with Crippen LogP contribution in [-0.4, -0.2) is 0 Å². The summed E-state index contributed by atoms with van der Waals surface area (Å²) in [5.41, 5.74) is 6.13. The van der Waals surface area contributed by atoms with Crippen LogP contribution in [-0.2, 0) is 32.6 Å². The molecule has 0 saturated carbocycles. The van der Waals surface area contributed by atoms with E-state index in [1.807, 2.05) is 0 Å². The topological polar surface area (TPSA) is 0 Å². The number of rotatable bonds is 6. The molecule has 2 aliphatic rings. The molecule has 0 fully saturated rings. The molecule has 0 aliphatic heterocycles. The van der Waals surface area contributed by atoms with Gasteiger partial charge in [-0.15, -0.1) is 0 Å². The Bertz CT molecular complexity index is 619. The summed E-state index contributed by atoms with van der Waals surface area (Å²) in [5.74, 6) is 1.80. The zero-order valence-corrected chi connectivity index (χ0v) is 19.4. The zero-order chi connectivity index (χ0) is 15.5. The van der Waals surface area contributed by atoms with Crippen LogP contribution >= 0.6 is 0 Å². The van der Waals surface area contributed by atoms with E-state index in [1.165, 1.54) is 36.8 Å². The maximum atomic E-state index is 2.45. The Kier molecular flexibility index (Phi) is 11.5. The number of hydrogen-bond donors (Lipinski definition) is 0. The first-order chi connectivity index (χ1) is 10.7. The molecular formula is C22H28Cl2Zr. The van der Waals surface area contributed by atoms with Crippen LogP contribution in [0.2, 0.25) is 0 Å². The number of unbranched alkanes of at least 4 members (excludes halogenated alkanes) is 2. The van der Waals surface area contributed by atoms with Gasteiger partial charge in [-0.25, -0.2) is 0 Å². The molecule has 0 aromatic heterocycles. The second kappa shape index (κ2) is 11.6. The molecule has 0 nitrogen and oxygen atoms in total. The molecule has 0 bridgehead atoms. The molecule has 0 spiro atoms. The van der Waals surface area contributed by atoms with Gasteiger partial charge in [-0.3, -0.25) is 0 Å². The fourth-order valence-electron chi connectivity index (χ4n) is 3.96. The van der Waals surface area contributed by atoms with Crippen LogP contribution in [0.1, 0.15) is 61.3 Å². The summed E-state index contributed by atoms with van der Waals surface area (Å²) in [6.07, 6.45) is 19.1. The maximum absolute atomic E-state index is 2.45. The van der Waals surface area contributed by atoms with Crippen molar-refractivity contribution in [3.05, 3.63) is 64.8 Å². The Morgan fingerprint density at radius 2 is 1.68 bits per heavy atom. The first kappa shape index (κ1) is 24.9. The van der Waals surface area contributed by atoms with Crippen molar-refractivity contribution in [1.82, 2.24) is 0 Å². The molecule has 0 saturated heterocycles. The van der Waals surface area contributed by atoms with Crippen LogP contribution in [0.25, 0.3) is 6.08 Å². The number of benzene rings is 1. The van der Waals surface area contributed by atoms with Gasteiger partial charge in [-0.05, 0) is 53.9 Å². The fraction of sp³-hybridized carbons (Fsp3) is 0.455. The van der Waals surface area contributed by atoms with Crippen LogP contribution in [0.4, 0.5) is 0 Å². The molecule has 134 valence electrons. The maximum Gasteiger partial charge on any atom is 2.00 e. The standard InChI is InChI=1S/C22H28.2ClH.Zr/c1-4-5-6-11-19-13-12-16(2)20-14-15-21(22(19)20)17(3)18-9-7-8-10-18;;;/h7-10,12-15,17-18,21H,4-6,11H2,1-3H3;2*1H;/q;;;+2/p-2. The van der Waals surface area contributed by atoms with Crippen LogP contribution in [0.15, 0.2) is 42.5 Å². The van der Waals surface area contributed by atoms with Crippen LogP contribution in [0.5, 0.6) is 0 Å². The van der Waals surface area contributed by atoms with E-state index in [2.05, 4.69) is 69.4 Å². The number of fused-ring (bicyclic) bond motifs is 1. The molecule has 3 heteroatoms. The summed E-state index contributed by atoms with van der Waals surface area (Å²) >= 11 is 0. The molecule has 0 N–H and O–H groups in total. The quantitative estimate of drug-likeness (QED) is 0.540. The van der Waals surface area contributed by atoms with Gasteiger partial charge in [0.2, 0.25) is 0 Å². The van der Waals surface area contributed by atoms with E-state index < -0.39 is 0 Å². The van der Waals surface area contributed by atoms with Crippen molar-refractivity contribution < 1.29 is 51.0 Å². The molecule has 1 aromatic rings. The molecule has 1 aromatic carbocycles. The Morgan fingerprint density at radius 1 is 1.00 bits per heavy atom. The second-order valence-electron chi connectivity index (χ2n) is 6.92. The summed E-state index contributed by atoms with van der Waals surface area (Å²) in [6.45, 7) is 6.94. The van der Waals surface area contributed by atoms with Crippen molar-refractivity contribution in [2.24, 2.45) is 11.8 Å². The first-order valence-corrected chi connectivity index (χ1v) is 8.88. The van der Waals surface area contributed by atoms with Crippen LogP contribution in [0.3, 0.4) is 0 Å². The minimum absolute atomic E-state index is 0. The SMILES string of the molecule is CCCCCc1ccc(C)c2c1C(C(C)C1C=CC=C1)C=C2.[Cl-].[Cl-].[Zr+2]. The van der Waals surface area contributed by atoms with Crippen LogP contribution < -0.4 is 24.8 Å². The molecule has 0 amide bonds. The summed E-state index contributed by atoms with van der Waals surface area (Å²) in [5, 5.41) is 0. The molecule has 3 rings (SSSR count). The normalized spacial score (nSPS) is 18.3. The van der Waals surface area contributed by atoms with E-state index in [4.69, 9.17) is 0 Å². The van der Waals surface area contributed by atoms with E-state index in [0.29, 0.717) is 17.8 Å². The summed E-state index contributed by atoms with van der Waals surface area (Å²) < 4.78 is 0. The van der Waals surface area contributed by atoms with Gasteiger partial charge in [0.05, 0.1) is 0 Å². The van der Waals surface area contributed by atoms with Crippen molar-refractivity contribution >= 4 is 6.08 Å². The third-order valence-electron chi connectivity index (χ3n) is 5.40. The van der Waals surface area contributed by atoms with Gasteiger partial charge < -0.3 is 24.8 Å². The van der Waals surface area contributed by atoms with Crippen molar-refractivity contribution in [2.45, 2.75) is 52.4 Å². The third kappa shape index (κ3) is 5.44. The Labute approximate surface area is 185 Å². The third-order valence-corrected chi connectivity index (χ3v) is 5.40. The smallest absolute Gasteiger partial charge is 1.00 e. The average Bonchev–Trinajstić information content (AvgIpc) is 3.19. The van der Waals surface area contributed by atoms with Gasteiger partial charge in [0.15, 0.2) is 0 Å². The van der Waals surface area contributed by atoms with Crippen molar-refractivity contribution in [2.75, 3.05) is 0 Å². The molecule has 2 aliphatic carbocycles. The van der Waals surface area contributed by atoms with Crippen molar-refractivity contribution in [3.63, 3.8) is 0 Å². The number of hydrogen-bond acceptors (Lipinski definition) is 0. The van der Waals surface area contributed by atoms with Crippen molar-refractivity contribution in [3.8, 4) is 0 Å². The number of allylic oxidation sites excluding steroid dienone is 5. The van der Waals surface area contributed by atoms with Gasteiger partial charge in [-0.1, -0.05) is 75.3 Å². The van der Waals surface area contributed by atoms with Gasteiger partial charge in [0.1, 0.15) is 0 Å². The number of aryl methyl sites for hydroxylation is 2. The molecule has 25 heavy (non-hydrogen) atoms.